The number of hydrogen-bond acceptors (Lipinski definition) is 3. The summed E-state index contributed by atoms with van der Waals surface area (Å²) in [6, 6.07) is -0.620. The van der Waals surface area contributed by atoms with Crippen LogP contribution in [0.5, 0.6) is 0 Å². The molecule has 1 atom stereocenters. The summed E-state index contributed by atoms with van der Waals surface area (Å²) in [5.74, 6) is -0.990. The quantitative estimate of drug-likeness (QED) is 0.831. The number of halogens is 3. The monoisotopic (exact) mass is 256 g/mol. The van der Waals surface area contributed by atoms with Crippen LogP contribution in [0.25, 0.3) is 0 Å². The average Bonchev–Trinajstić information content (AvgIpc) is 2.11. The number of rotatable bonds is 3. The molecule has 8 heteroatoms. The zero-order valence-corrected chi connectivity index (χ0v) is 9.32. The van der Waals surface area contributed by atoms with E-state index in [1.165, 1.54) is 4.90 Å². The van der Waals surface area contributed by atoms with Gasteiger partial charge in [-0.15, -0.1) is 0 Å². The summed E-state index contributed by atoms with van der Waals surface area (Å²) in [6.07, 6.45) is 0. The molecule has 0 radical (unpaired) electrons. The Morgan fingerprint density at radius 1 is 1.50 bits per heavy atom. The third-order valence-corrected chi connectivity index (χ3v) is 2.80. The van der Waals surface area contributed by atoms with Crippen molar-refractivity contribution < 1.29 is 22.8 Å². The second-order valence-corrected chi connectivity index (χ2v) is 4.60. The van der Waals surface area contributed by atoms with Crippen molar-refractivity contribution in [3.63, 3.8) is 0 Å². The average molecular weight is 256 g/mol. The second-order valence-electron chi connectivity index (χ2n) is 3.44. The zero-order valence-electron chi connectivity index (χ0n) is 8.50. The lowest BCUT2D eigenvalue weighted by atomic mass is 10.1. The number of nitrogens with one attached hydrogen (secondary N) is 1. The number of alkyl halides is 3. The summed E-state index contributed by atoms with van der Waals surface area (Å²) in [5.41, 5.74) is -4.28. The van der Waals surface area contributed by atoms with Gasteiger partial charge < -0.3 is 4.90 Å². The predicted molar refractivity (Wildman–Crippen MR) is 52.8 cm³/mol. The van der Waals surface area contributed by atoms with E-state index in [4.69, 9.17) is 0 Å². The molecule has 1 aliphatic heterocycles. The molecule has 0 bridgehead atoms. The van der Waals surface area contributed by atoms with Gasteiger partial charge in [0, 0.05) is 18.8 Å². The Balaban J connectivity index is 2.37. The first-order chi connectivity index (χ1) is 7.29. The number of urea groups is 1. The molecule has 0 aromatic rings. The highest BCUT2D eigenvalue weighted by atomic mass is 32.2. The van der Waals surface area contributed by atoms with Crippen LogP contribution in [0.15, 0.2) is 0 Å². The molecule has 3 amide bonds. The molecule has 0 aromatic carbocycles. The Kier molecular flexibility index (Phi) is 4.06. The number of imide groups is 1. The smallest absolute Gasteiger partial charge is 0.323 e. The van der Waals surface area contributed by atoms with Gasteiger partial charge in [-0.25, -0.2) is 4.79 Å². The largest absolute Gasteiger partial charge is 0.441 e. The Labute approximate surface area is 94.5 Å². The van der Waals surface area contributed by atoms with E-state index in [1.54, 1.807) is 6.92 Å². The zero-order chi connectivity index (χ0) is 12.3. The van der Waals surface area contributed by atoms with Crippen molar-refractivity contribution in [1.29, 1.82) is 0 Å². The molecule has 1 saturated heterocycles. The minimum atomic E-state index is -4.28. The van der Waals surface area contributed by atoms with Crippen LogP contribution >= 0.6 is 11.8 Å². The number of thioether (sulfide) groups is 1. The molecule has 1 rings (SSSR count). The third-order valence-electron chi connectivity index (χ3n) is 2.09. The lowest BCUT2D eigenvalue weighted by molar-refractivity contribution is -0.125. The van der Waals surface area contributed by atoms with Gasteiger partial charge in [0.2, 0.25) is 5.91 Å². The molecule has 1 fully saturated rings. The predicted octanol–water partition coefficient (Wildman–Crippen LogP) is 1.43. The fraction of sp³-hybridized carbons (Fsp3) is 0.750. The highest BCUT2D eigenvalue weighted by molar-refractivity contribution is 8.00. The van der Waals surface area contributed by atoms with Crippen molar-refractivity contribution >= 4 is 23.7 Å². The Morgan fingerprint density at radius 3 is 2.69 bits per heavy atom. The van der Waals surface area contributed by atoms with E-state index in [0.29, 0.717) is 0 Å². The maximum absolute atomic E-state index is 11.8. The Hall–Kier alpha value is -0.920. The molecule has 4 nitrogen and oxygen atoms in total. The molecule has 0 spiro atoms. The number of hydrogen-bond donors (Lipinski definition) is 1. The van der Waals surface area contributed by atoms with E-state index in [2.05, 4.69) is 5.32 Å². The molecule has 16 heavy (non-hydrogen) atoms. The normalized spacial score (nSPS) is 22.2. The minimum Gasteiger partial charge on any atom is -0.323 e. The van der Waals surface area contributed by atoms with E-state index in [-0.39, 0.29) is 42.4 Å². The van der Waals surface area contributed by atoms with Crippen LogP contribution in [0.1, 0.15) is 6.92 Å². The van der Waals surface area contributed by atoms with Gasteiger partial charge >= 0.3 is 11.5 Å². The van der Waals surface area contributed by atoms with Gasteiger partial charge in [-0.2, -0.15) is 13.2 Å². The standard InChI is InChI=1S/C8H11F3N2O2S/c1-5-4-13(7(15)12-6(5)14)2-3-16-8(9,10)11/h5H,2-4H2,1H3,(H,12,14,15). The van der Waals surface area contributed by atoms with Gasteiger partial charge in [-0.05, 0) is 11.8 Å². The molecule has 1 heterocycles. The lowest BCUT2D eigenvalue weighted by Gasteiger charge is -2.30. The molecule has 0 aliphatic carbocycles. The van der Waals surface area contributed by atoms with Crippen LogP contribution in [-0.4, -0.2) is 41.2 Å². The highest BCUT2D eigenvalue weighted by Gasteiger charge is 2.31. The number of nitrogens with zero attached hydrogens (tertiary/aromatic N) is 1. The van der Waals surface area contributed by atoms with Crippen molar-refractivity contribution in [1.82, 2.24) is 10.2 Å². The molecule has 1 aliphatic rings. The van der Waals surface area contributed by atoms with Crippen LogP contribution in [0.2, 0.25) is 0 Å². The SMILES string of the molecule is CC1CN(CCSC(F)(F)F)C(=O)NC1=O. The topological polar surface area (TPSA) is 49.4 Å². The van der Waals surface area contributed by atoms with E-state index < -0.39 is 11.5 Å². The van der Waals surface area contributed by atoms with Crippen molar-refractivity contribution in [2.45, 2.75) is 12.4 Å². The Bertz CT molecular complexity index is 295. The maximum Gasteiger partial charge on any atom is 0.441 e. The first-order valence-corrected chi connectivity index (χ1v) is 5.58. The van der Waals surface area contributed by atoms with Gasteiger partial charge in [0.05, 0.1) is 5.92 Å². The second kappa shape index (κ2) is 4.94. The van der Waals surface area contributed by atoms with Crippen molar-refractivity contribution in [2.75, 3.05) is 18.8 Å². The van der Waals surface area contributed by atoms with Gasteiger partial charge in [0.1, 0.15) is 0 Å². The summed E-state index contributed by atoms with van der Waals surface area (Å²) >= 11 is -0.175. The van der Waals surface area contributed by atoms with Crippen LogP contribution in [0, 0.1) is 5.92 Å². The van der Waals surface area contributed by atoms with Gasteiger partial charge in [-0.1, -0.05) is 6.92 Å². The maximum atomic E-state index is 11.8. The third kappa shape index (κ3) is 3.92. The fourth-order valence-corrected chi connectivity index (χ4v) is 1.81. The molecule has 0 aromatic heterocycles. The summed E-state index contributed by atoms with van der Waals surface area (Å²) in [6.45, 7) is 1.77. The number of amides is 3. The first kappa shape index (κ1) is 13.1. The first-order valence-electron chi connectivity index (χ1n) is 4.60. The van der Waals surface area contributed by atoms with Crippen molar-refractivity contribution in [2.24, 2.45) is 5.92 Å². The molecular weight excluding hydrogens is 245 g/mol. The van der Waals surface area contributed by atoms with Crippen LogP contribution in [0.4, 0.5) is 18.0 Å². The van der Waals surface area contributed by atoms with Crippen LogP contribution < -0.4 is 5.32 Å². The van der Waals surface area contributed by atoms with E-state index >= 15 is 0 Å². The van der Waals surface area contributed by atoms with E-state index in [0.717, 1.165) is 0 Å². The molecule has 0 saturated carbocycles. The Morgan fingerprint density at radius 2 is 2.12 bits per heavy atom. The van der Waals surface area contributed by atoms with Gasteiger partial charge in [0.25, 0.3) is 0 Å². The number of carbonyl (C=O) groups excluding carboxylic acids is 2. The van der Waals surface area contributed by atoms with Gasteiger partial charge in [0.15, 0.2) is 0 Å². The molecular formula is C8H11F3N2O2S. The fourth-order valence-electron chi connectivity index (χ4n) is 1.27. The lowest BCUT2D eigenvalue weighted by Crippen LogP contribution is -2.54. The van der Waals surface area contributed by atoms with E-state index in [9.17, 15) is 22.8 Å². The summed E-state index contributed by atoms with van der Waals surface area (Å²) in [4.78, 5) is 23.5. The van der Waals surface area contributed by atoms with Crippen molar-refractivity contribution in [3.05, 3.63) is 0 Å². The summed E-state index contributed by atoms with van der Waals surface area (Å²) in [5, 5.41) is 2.08. The van der Waals surface area contributed by atoms with Crippen molar-refractivity contribution in [3.8, 4) is 0 Å². The van der Waals surface area contributed by atoms with Crippen LogP contribution in [0.3, 0.4) is 0 Å². The summed E-state index contributed by atoms with van der Waals surface area (Å²) < 4.78 is 35.5. The molecule has 1 unspecified atom stereocenters. The number of carbonyl (C=O) groups is 2. The molecule has 1 N–H and O–H groups in total. The van der Waals surface area contributed by atoms with Crippen LogP contribution in [-0.2, 0) is 4.79 Å². The molecule has 92 valence electrons. The van der Waals surface area contributed by atoms with Gasteiger partial charge in [-0.3, -0.25) is 10.1 Å². The summed E-state index contributed by atoms with van der Waals surface area (Å²) in [7, 11) is 0. The highest BCUT2D eigenvalue weighted by Crippen LogP contribution is 2.29. The van der Waals surface area contributed by atoms with E-state index in [1.807, 2.05) is 0 Å². The minimum absolute atomic E-state index is 0.0202.